The smallest absolute Gasteiger partial charge is 0.242 e. The molecule has 3 heterocycles. The monoisotopic (exact) mass is 659 g/mol. The Kier molecular flexibility index (Phi) is 12.5. The number of hydrogen-bond donors (Lipinski definition) is 4. The molecule has 3 atom stereocenters. The number of carbonyl (C=O) groups is 4. The third kappa shape index (κ3) is 9.27. The molecule has 3 aliphatic rings. The Morgan fingerprint density at radius 2 is 1.80 bits per heavy atom. The average molecular weight is 660 g/mol. The van der Waals surface area contributed by atoms with Crippen molar-refractivity contribution in [2.45, 2.75) is 62.9 Å². The van der Waals surface area contributed by atoms with Crippen LogP contribution >= 0.6 is 12.6 Å². The number of amidine groups is 2. The van der Waals surface area contributed by atoms with E-state index in [1.165, 1.54) is 0 Å². The Morgan fingerprint density at radius 3 is 2.52 bits per heavy atom. The predicted octanol–water partition coefficient (Wildman–Crippen LogP) is 0.731. The number of imide groups is 1. The van der Waals surface area contributed by atoms with E-state index < -0.39 is 10.8 Å². The summed E-state index contributed by atoms with van der Waals surface area (Å²) in [6.45, 7) is 8.69. The number of thiol groups is 1. The van der Waals surface area contributed by atoms with Gasteiger partial charge in [0.25, 0.3) is 0 Å². The largest absolute Gasteiger partial charge is 0.385 e. The molecule has 14 nitrogen and oxygen atoms in total. The maximum Gasteiger partial charge on any atom is 0.242 e. The van der Waals surface area contributed by atoms with Crippen LogP contribution in [-0.4, -0.2) is 121 Å². The molecule has 1 aromatic rings. The topological polar surface area (TPSA) is 177 Å². The molecule has 0 spiro atoms. The number of nitrogens with one attached hydrogen (secondary N) is 2. The lowest BCUT2D eigenvalue weighted by molar-refractivity contribution is -0.138. The second-order valence-electron chi connectivity index (χ2n) is 11.9. The molecule has 1 fully saturated rings. The molecule has 0 aliphatic carbocycles. The fourth-order valence-electron chi connectivity index (χ4n) is 5.61. The molecule has 0 aromatic heterocycles. The van der Waals surface area contributed by atoms with Gasteiger partial charge in [0.2, 0.25) is 23.6 Å². The number of para-hydroxylation sites is 1. The van der Waals surface area contributed by atoms with Crippen LogP contribution in [0, 0.1) is 0 Å². The standard InChI is InChI=1S/C31H45N7O7S/c1-4-43-18-23-35-27-28(20-7-5-6-8-21(20)34-29(27)32)38(23)19-31(2,3)36-25(40)10-13-44-15-16-45-14-11-33-24(39)9-12-37-26(41)17-22(46)30(37)42/h5-8,22,27-28,46H,4,9-19H2,1-3H3,(H2,32,34)(H,33,39)(H,36,40). The minimum absolute atomic E-state index is 0.0263. The molecule has 46 heavy (non-hydrogen) atoms. The number of ether oxygens (including phenoxy) is 3. The lowest BCUT2D eigenvalue weighted by Crippen LogP contribution is -2.54. The Hall–Kier alpha value is -3.53. The molecule has 252 valence electrons. The van der Waals surface area contributed by atoms with Crippen molar-refractivity contribution in [3.8, 4) is 0 Å². The van der Waals surface area contributed by atoms with Gasteiger partial charge >= 0.3 is 0 Å². The Morgan fingerprint density at radius 1 is 1.07 bits per heavy atom. The molecular weight excluding hydrogens is 614 g/mol. The van der Waals surface area contributed by atoms with Crippen molar-refractivity contribution in [1.82, 2.24) is 20.4 Å². The molecule has 1 saturated heterocycles. The summed E-state index contributed by atoms with van der Waals surface area (Å²) < 4.78 is 16.8. The highest BCUT2D eigenvalue weighted by molar-refractivity contribution is 7.81. The highest BCUT2D eigenvalue weighted by Gasteiger charge is 2.44. The van der Waals surface area contributed by atoms with Crippen LogP contribution in [0.1, 0.15) is 51.6 Å². The number of amides is 4. The van der Waals surface area contributed by atoms with E-state index in [-0.39, 0.29) is 81.3 Å². The number of rotatable bonds is 18. The fourth-order valence-corrected chi connectivity index (χ4v) is 5.90. The van der Waals surface area contributed by atoms with Gasteiger partial charge in [-0.25, -0.2) is 4.99 Å². The van der Waals surface area contributed by atoms with Crippen LogP contribution in [-0.2, 0) is 33.4 Å². The lowest BCUT2D eigenvalue weighted by atomic mass is 9.92. The number of nitrogens with two attached hydrogens (primary N) is 1. The summed E-state index contributed by atoms with van der Waals surface area (Å²) in [6.07, 6.45) is 0.276. The normalized spacial score (nSPS) is 20.7. The van der Waals surface area contributed by atoms with E-state index in [2.05, 4.69) is 33.2 Å². The van der Waals surface area contributed by atoms with Gasteiger partial charge in [0.15, 0.2) is 0 Å². The Labute approximate surface area is 274 Å². The minimum Gasteiger partial charge on any atom is -0.385 e. The van der Waals surface area contributed by atoms with Crippen molar-refractivity contribution in [1.29, 1.82) is 0 Å². The number of nitrogens with zero attached hydrogens (tertiary/aromatic N) is 4. The highest BCUT2D eigenvalue weighted by Crippen LogP contribution is 2.41. The summed E-state index contributed by atoms with van der Waals surface area (Å²) in [5.74, 6) is 0.155. The van der Waals surface area contributed by atoms with E-state index in [0.717, 1.165) is 22.0 Å². The van der Waals surface area contributed by atoms with E-state index >= 15 is 0 Å². The van der Waals surface area contributed by atoms with Crippen LogP contribution in [0.5, 0.6) is 0 Å². The van der Waals surface area contributed by atoms with Gasteiger partial charge in [-0.05, 0) is 26.8 Å². The molecule has 0 bridgehead atoms. The summed E-state index contributed by atoms with van der Waals surface area (Å²) in [5, 5.41) is 5.19. The number of benzene rings is 1. The molecule has 3 aliphatic heterocycles. The van der Waals surface area contributed by atoms with Gasteiger partial charge in [0.05, 0.1) is 48.9 Å². The maximum absolute atomic E-state index is 12.8. The molecule has 3 unspecified atom stereocenters. The molecule has 0 radical (unpaired) electrons. The number of hydrogen-bond acceptors (Lipinski definition) is 12. The van der Waals surface area contributed by atoms with Crippen LogP contribution in [0.25, 0.3) is 0 Å². The van der Waals surface area contributed by atoms with Gasteiger partial charge in [-0.15, -0.1) is 0 Å². The van der Waals surface area contributed by atoms with Crippen molar-refractivity contribution in [2.24, 2.45) is 15.7 Å². The molecular formula is C31H45N7O7S. The van der Waals surface area contributed by atoms with Crippen molar-refractivity contribution in [2.75, 3.05) is 59.3 Å². The first-order valence-electron chi connectivity index (χ1n) is 15.6. The highest BCUT2D eigenvalue weighted by atomic mass is 32.1. The van der Waals surface area contributed by atoms with Gasteiger partial charge in [-0.2, -0.15) is 12.6 Å². The van der Waals surface area contributed by atoms with Crippen molar-refractivity contribution >= 4 is 53.6 Å². The van der Waals surface area contributed by atoms with Gasteiger partial charge < -0.3 is 35.5 Å². The molecule has 0 saturated carbocycles. The first-order chi connectivity index (χ1) is 22.0. The molecule has 4 amide bonds. The molecule has 4 rings (SSSR count). The van der Waals surface area contributed by atoms with E-state index in [1.807, 2.05) is 45.0 Å². The first kappa shape index (κ1) is 35.3. The molecule has 4 N–H and O–H groups in total. The summed E-state index contributed by atoms with van der Waals surface area (Å²) in [4.78, 5) is 61.1. The zero-order valence-corrected chi connectivity index (χ0v) is 27.6. The summed E-state index contributed by atoms with van der Waals surface area (Å²) in [5.41, 5.74) is 7.61. The van der Waals surface area contributed by atoms with Gasteiger partial charge in [-0.3, -0.25) is 29.1 Å². The zero-order valence-electron chi connectivity index (χ0n) is 26.7. The molecule has 1 aromatic carbocycles. The van der Waals surface area contributed by atoms with Crippen molar-refractivity contribution < 1.29 is 33.4 Å². The summed E-state index contributed by atoms with van der Waals surface area (Å²) in [6, 6.07) is 7.45. The average Bonchev–Trinajstić information content (AvgIpc) is 3.48. The Balaban J connectivity index is 1.12. The van der Waals surface area contributed by atoms with Crippen LogP contribution in [0.2, 0.25) is 0 Å². The van der Waals surface area contributed by atoms with Gasteiger partial charge in [0, 0.05) is 51.1 Å². The second kappa shape index (κ2) is 16.3. The van der Waals surface area contributed by atoms with E-state index in [1.54, 1.807) is 0 Å². The third-order valence-electron chi connectivity index (χ3n) is 7.74. The quantitative estimate of drug-likeness (QED) is 0.101. The minimum atomic E-state index is -0.622. The number of likely N-dealkylation sites (tertiary alicyclic amines) is 1. The van der Waals surface area contributed by atoms with Gasteiger partial charge in [0.1, 0.15) is 24.3 Å². The van der Waals surface area contributed by atoms with Crippen LogP contribution < -0.4 is 16.4 Å². The fraction of sp³-hybridized carbons (Fsp3) is 0.613. The number of carbonyl (C=O) groups excluding carboxylic acids is 4. The van der Waals surface area contributed by atoms with E-state index in [0.29, 0.717) is 38.8 Å². The summed E-state index contributed by atoms with van der Waals surface area (Å²) in [7, 11) is 0. The second-order valence-corrected chi connectivity index (χ2v) is 12.5. The third-order valence-corrected chi connectivity index (χ3v) is 8.14. The number of aliphatic imine (C=N–C) groups is 2. The first-order valence-corrected chi connectivity index (χ1v) is 16.1. The van der Waals surface area contributed by atoms with E-state index in [9.17, 15) is 19.2 Å². The number of fused-ring (bicyclic) bond motifs is 3. The van der Waals surface area contributed by atoms with Gasteiger partial charge in [-0.1, -0.05) is 18.2 Å². The predicted molar refractivity (Wildman–Crippen MR) is 175 cm³/mol. The zero-order chi connectivity index (χ0) is 33.3. The van der Waals surface area contributed by atoms with Crippen LogP contribution in [0.4, 0.5) is 5.69 Å². The Bertz CT molecular complexity index is 1340. The lowest BCUT2D eigenvalue weighted by Gasteiger charge is -2.39. The summed E-state index contributed by atoms with van der Waals surface area (Å²) >= 11 is 4.07. The SMILES string of the molecule is CCOCC1=NC2C(N)=Nc3ccccc3C2N1CC(C)(C)NC(=O)CCOCCOCCNC(=O)CCN1C(=O)CC(S)C1=O. The van der Waals surface area contributed by atoms with Crippen molar-refractivity contribution in [3.05, 3.63) is 29.8 Å². The van der Waals surface area contributed by atoms with Crippen LogP contribution in [0.15, 0.2) is 34.3 Å². The molecule has 15 heteroatoms. The van der Waals surface area contributed by atoms with Crippen molar-refractivity contribution in [3.63, 3.8) is 0 Å². The van der Waals surface area contributed by atoms with Crippen LogP contribution in [0.3, 0.4) is 0 Å². The van der Waals surface area contributed by atoms with E-state index in [4.69, 9.17) is 24.9 Å². The maximum atomic E-state index is 12.8.